The Hall–Kier alpha value is -1.66. The first-order chi connectivity index (χ1) is 41.0. The summed E-state index contributed by atoms with van der Waals surface area (Å²) in [5.74, 6) is -0.0430. The number of rotatable bonds is 72. The van der Waals surface area contributed by atoms with Gasteiger partial charge in [-0.3, -0.25) is 9.59 Å². The Morgan fingerprint density at radius 1 is 0.325 bits per heavy atom. The van der Waals surface area contributed by atoms with Crippen LogP contribution in [0.1, 0.15) is 431 Å². The van der Waals surface area contributed by atoms with Gasteiger partial charge in [0, 0.05) is 12.8 Å². The minimum Gasteiger partial charge on any atom is -0.466 e. The molecular formula is C77H149NO5. The van der Waals surface area contributed by atoms with Crippen molar-refractivity contribution in [3.8, 4) is 0 Å². The quantitative estimate of drug-likeness (QED) is 0.0320. The summed E-state index contributed by atoms with van der Waals surface area (Å²) in [6.07, 6.45) is 92.9. The van der Waals surface area contributed by atoms with E-state index in [0.29, 0.717) is 19.4 Å². The lowest BCUT2D eigenvalue weighted by atomic mass is 10.0. The first-order valence-corrected chi connectivity index (χ1v) is 38.1. The summed E-state index contributed by atoms with van der Waals surface area (Å²) in [4.78, 5) is 24.6. The lowest BCUT2D eigenvalue weighted by Crippen LogP contribution is -2.45. The van der Waals surface area contributed by atoms with Crippen LogP contribution in [0.2, 0.25) is 0 Å². The van der Waals surface area contributed by atoms with Crippen molar-refractivity contribution in [2.75, 3.05) is 13.2 Å². The van der Waals surface area contributed by atoms with Crippen LogP contribution in [0.25, 0.3) is 0 Å². The van der Waals surface area contributed by atoms with E-state index in [1.165, 1.54) is 366 Å². The third kappa shape index (κ3) is 69.3. The fourth-order valence-corrected chi connectivity index (χ4v) is 12.2. The number of ether oxygens (including phenoxy) is 1. The standard InChI is InChI=1S/C77H149NO5/c1-3-5-7-9-11-13-15-17-18-19-20-21-22-31-34-37-40-43-46-49-53-57-61-65-69-75(80)74(73-79)78-76(81)70-66-62-58-54-50-47-44-41-38-35-32-29-27-25-23-24-26-28-30-33-36-39-42-45-48-52-56-60-64-68-72-83-77(82)71-67-63-59-55-51-16-14-12-10-8-6-4-2/h24,26,65,69,74-75,79-80H,3-23,25,27-64,66-68,70-73H2,1-2H3,(H,78,81)/b26-24-,69-65+. The van der Waals surface area contributed by atoms with Crippen molar-refractivity contribution in [2.24, 2.45) is 0 Å². The molecule has 0 aromatic heterocycles. The maximum atomic E-state index is 12.5. The highest BCUT2D eigenvalue weighted by Crippen LogP contribution is 2.19. The molecule has 0 aliphatic heterocycles. The molecule has 0 saturated carbocycles. The average Bonchev–Trinajstić information content (AvgIpc) is 3.49. The van der Waals surface area contributed by atoms with Crippen molar-refractivity contribution in [1.29, 1.82) is 0 Å². The van der Waals surface area contributed by atoms with Gasteiger partial charge in [0.05, 0.1) is 25.4 Å². The second-order valence-electron chi connectivity index (χ2n) is 26.3. The van der Waals surface area contributed by atoms with E-state index in [2.05, 4.69) is 31.3 Å². The summed E-state index contributed by atoms with van der Waals surface area (Å²) in [6.45, 7) is 4.95. The van der Waals surface area contributed by atoms with E-state index in [4.69, 9.17) is 4.74 Å². The van der Waals surface area contributed by atoms with Crippen LogP contribution in [0, 0.1) is 0 Å². The molecule has 6 nitrogen and oxygen atoms in total. The summed E-state index contributed by atoms with van der Waals surface area (Å²) in [6, 6.07) is -0.628. The molecule has 0 saturated heterocycles. The Morgan fingerprint density at radius 2 is 0.566 bits per heavy atom. The minimum absolute atomic E-state index is 0.0184. The molecule has 0 aromatic rings. The van der Waals surface area contributed by atoms with Crippen LogP contribution in [0.4, 0.5) is 0 Å². The van der Waals surface area contributed by atoms with E-state index < -0.39 is 12.1 Å². The number of nitrogens with one attached hydrogen (secondary N) is 1. The Balaban J connectivity index is 3.39. The van der Waals surface area contributed by atoms with Gasteiger partial charge < -0.3 is 20.3 Å². The summed E-state index contributed by atoms with van der Waals surface area (Å²) in [5.41, 5.74) is 0. The van der Waals surface area contributed by atoms with E-state index in [1.807, 2.05) is 6.08 Å². The summed E-state index contributed by atoms with van der Waals surface area (Å²) < 4.78 is 5.48. The molecule has 0 aliphatic rings. The molecule has 0 fully saturated rings. The van der Waals surface area contributed by atoms with Crippen LogP contribution >= 0.6 is 0 Å². The van der Waals surface area contributed by atoms with Gasteiger partial charge in [0.15, 0.2) is 0 Å². The normalized spacial score (nSPS) is 12.6. The van der Waals surface area contributed by atoms with Crippen LogP contribution < -0.4 is 5.32 Å². The van der Waals surface area contributed by atoms with Crippen LogP contribution in [-0.2, 0) is 14.3 Å². The number of allylic oxidation sites excluding steroid dienone is 3. The summed E-state index contributed by atoms with van der Waals surface area (Å²) >= 11 is 0. The molecule has 0 radical (unpaired) electrons. The maximum absolute atomic E-state index is 12.5. The van der Waals surface area contributed by atoms with Gasteiger partial charge in [-0.15, -0.1) is 0 Å². The molecule has 83 heavy (non-hydrogen) atoms. The molecule has 2 atom stereocenters. The Bertz CT molecular complexity index is 1300. The minimum atomic E-state index is -0.845. The largest absolute Gasteiger partial charge is 0.466 e. The zero-order chi connectivity index (χ0) is 59.9. The van der Waals surface area contributed by atoms with Crippen molar-refractivity contribution in [1.82, 2.24) is 5.32 Å². The SMILES string of the molecule is CCCCCCCCCCCCCCCCCCCCCCCC/C=C/C(O)C(CO)NC(=O)CCCCCCCCCCCCCCCC/C=C\CCCCCCCCCCCCCCOC(=O)CCCCCCCCCCCCCC. The maximum Gasteiger partial charge on any atom is 0.305 e. The molecule has 1 amide bonds. The highest BCUT2D eigenvalue weighted by atomic mass is 16.5. The van der Waals surface area contributed by atoms with Crippen LogP contribution in [0.3, 0.4) is 0 Å². The van der Waals surface area contributed by atoms with E-state index in [0.717, 1.165) is 38.5 Å². The molecule has 3 N–H and O–H groups in total. The fourth-order valence-electron chi connectivity index (χ4n) is 12.2. The van der Waals surface area contributed by atoms with E-state index in [-0.39, 0.29) is 18.5 Å². The number of unbranched alkanes of at least 4 members (excludes halogenated alkanes) is 59. The molecule has 6 heteroatoms. The van der Waals surface area contributed by atoms with Gasteiger partial charge in [0.2, 0.25) is 5.91 Å². The van der Waals surface area contributed by atoms with E-state index in [1.54, 1.807) is 6.08 Å². The number of carbonyl (C=O) groups excluding carboxylic acids is 2. The lowest BCUT2D eigenvalue weighted by molar-refractivity contribution is -0.143. The molecule has 492 valence electrons. The van der Waals surface area contributed by atoms with Gasteiger partial charge in [-0.2, -0.15) is 0 Å². The number of carbonyl (C=O) groups is 2. The lowest BCUT2D eigenvalue weighted by Gasteiger charge is -2.20. The number of hydrogen-bond donors (Lipinski definition) is 3. The molecule has 2 unspecified atom stereocenters. The predicted octanol–water partition coefficient (Wildman–Crippen LogP) is 24.9. The van der Waals surface area contributed by atoms with Gasteiger partial charge in [-0.25, -0.2) is 0 Å². The van der Waals surface area contributed by atoms with Crippen LogP contribution in [0.15, 0.2) is 24.3 Å². The second kappa shape index (κ2) is 72.8. The van der Waals surface area contributed by atoms with Crippen LogP contribution in [0.5, 0.6) is 0 Å². The highest BCUT2D eigenvalue weighted by molar-refractivity contribution is 5.76. The smallest absolute Gasteiger partial charge is 0.305 e. The molecule has 0 aromatic carbocycles. The zero-order valence-electron chi connectivity index (χ0n) is 56.5. The van der Waals surface area contributed by atoms with Gasteiger partial charge in [0.1, 0.15) is 0 Å². The predicted molar refractivity (Wildman–Crippen MR) is 366 cm³/mol. The van der Waals surface area contributed by atoms with Gasteiger partial charge >= 0.3 is 5.97 Å². The molecule has 0 bridgehead atoms. The molecular weight excluding hydrogens is 1020 g/mol. The summed E-state index contributed by atoms with van der Waals surface area (Å²) in [7, 11) is 0. The van der Waals surface area contributed by atoms with Gasteiger partial charge in [-0.1, -0.05) is 385 Å². The third-order valence-corrected chi connectivity index (χ3v) is 18.0. The average molecular weight is 1170 g/mol. The van der Waals surface area contributed by atoms with Crippen molar-refractivity contribution in [3.05, 3.63) is 24.3 Å². The van der Waals surface area contributed by atoms with E-state index >= 15 is 0 Å². The first kappa shape index (κ1) is 81.3. The van der Waals surface area contributed by atoms with Crippen molar-refractivity contribution < 1.29 is 24.5 Å². The molecule has 0 rings (SSSR count). The first-order valence-electron chi connectivity index (χ1n) is 38.1. The Kier molecular flexibility index (Phi) is 71.4. The second-order valence-corrected chi connectivity index (χ2v) is 26.3. The molecule has 0 spiro atoms. The van der Waals surface area contributed by atoms with Crippen molar-refractivity contribution >= 4 is 11.9 Å². The number of aliphatic hydroxyl groups excluding tert-OH is 2. The van der Waals surface area contributed by atoms with Crippen molar-refractivity contribution in [2.45, 2.75) is 443 Å². The van der Waals surface area contributed by atoms with Crippen LogP contribution in [-0.4, -0.2) is 47.4 Å². The number of hydrogen-bond acceptors (Lipinski definition) is 5. The fraction of sp³-hybridized carbons (Fsp3) is 0.922. The third-order valence-electron chi connectivity index (χ3n) is 18.0. The van der Waals surface area contributed by atoms with E-state index in [9.17, 15) is 19.8 Å². The Labute approximate surface area is 520 Å². The summed E-state index contributed by atoms with van der Waals surface area (Å²) in [5, 5.41) is 23.3. The number of aliphatic hydroxyl groups is 2. The monoisotopic (exact) mass is 1170 g/mol. The van der Waals surface area contributed by atoms with Gasteiger partial charge in [-0.05, 0) is 57.8 Å². The number of esters is 1. The van der Waals surface area contributed by atoms with Crippen molar-refractivity contribution in [3.63, 3.8) is 0 Å². The Morgan fingerprint density at radius 3 is 0.855 bits per heavy atom. The molecule has 0 aliphatic carbocycles. The zero-order valence-corrected chi connectivity index (χ0v) is 56.5. The van der Waals surface area contributed by atoms with Gasteiger partial charge in [0.25, 0.3) is 0 Å². The highest BCUT2D eigenvalue weighted by Gasteiger charge is 2.18. The molecule has 0 heterocycles. The number of amides is 1. The topological polar surface area (TPSA) is 95.9 Å².